The van der Waals surface area contributed by atoms with Crippen molar-refractivity contribution in [3.8, 4) is 5.75 Å². The van der Waals surface area contributed by atoms with Crippen LogP contribution in [0.3, 0.4) is 0 Å². The van der Waals surface area contributed by atoms with E-state index in [1.54, 1.807) is 6.07 Å². The molecule has 3 nitrogen and oxygen atoms in total. The molecule has 1 aromatic heterocycles. The van der Waals surface area contributed by atoms with Crippen molar-refractivity contribution in [3.05, 3.63) is 58.1 Å². The highest BCUT2D eigenvalue weighted by molar-refractivity contribution is 6.30. The lowest BCUT2D eigenvalue weighted by molar-refractivity contribution is 0.352. The van der Waals surface area contributed by atoms with E-state index in [1.807, 2.05) is 12.1 Å². The average molecular weight is 293 g/mol. The number of hydrogen-bond acceptors (Lipinski definition) is 3. The lowest BCUT2D eigenvalue weighted by Gasteiger charge is -2.14. The number of nitrogens with zero attached hydrogens (tertiary/aromatic N) is 1. The van der Waals surface area contributed by atoms with Crippen LogP contribution in [-0.2, 0) is 12.8 Å². The van der Waals surface area contributed by atoms with Crippen LogP contribution in [0.25, 0.3) is 0 Å². The van der Waals surface area contributed by atoms with Gasteiger partial charge in [0.25, 0.3) is 0 Å². The Kier molecular flexibility index (Phi) is 3.59. The first-order valence-corrected chi connectivity index (χ1v) is 6.82. The smallest absolute Gasteiger partial charge is 0.141 e. The summed E-state index contributed by atoms with van der Waals surface area (Å²) in [4.78, 5) is 4.02. The molecule has 0 fully saturated rings. The quantitative estimate of drug-likeness (QED) is 0.946. The van der Waals surface area contributed by atoms with Gasteiger partial charge in [-0.25, -0.2) is 4.39 Å². The Labute approximate surface area is 121 Å². The van der Waals surface area contributed by atoms with E-state index in [0.717, 1.165) is 23.3 Å². The highest BCUT2D eigenvalue weighted by atomic mass is 35.5. The Bertz CT molecular complexity index is 631. The Morgan fingerprint density at radius 3 is 3.00 bits per heavy atom. The van der Waals surface area contributed by atoms with Gasteiger partial charge < -0.3 is 10.5 Å². The van der Waals surface area contributed by atoms with Crippen LogP contribution in [0.2, 0.25) is 5.02 Å². The molecule has 0 aliphatic carbocycles. The Hall–Kier alpha value is -1.65. The molecule has 2 heterocycles. The van der Waals surface area contributed by atoms with Crippen LogP contribution in [0, 0.1) is 5.82 Å². The summed E-state index contributed by atoms with van der Waals surface area (Å²) in [7, 11) is 0. The summed E-state index contributed by atoms with van der Waals surface area (Å²) in [6.07, 6.45) is 2.60. The van der Waals surface area contributed by atoms with Crippen molar-refractivity contribution in [2.45, 2.75) is 18.9 Å². The van der Waals surface area contributed by atoms with Gasteiger partial charge in [-0.15, -0.1) is 0 Å². The molecule has 1 aliphatic heterocycles. The number of halogens is 2. The van der Waals surface area contributed by atoms with Gasteiger partial charge in [-0.1, -0.05) is 11.6 Å². The number of hydrogen-bond donors (Lipinski definition) is 1. The zero-order valence-corrected chi connectivity index (χ0v) is 11.5. The molecule has 0 spiro atoms. The number of fused-ring (bicyclic) bond motifs is 1. The molecule has 1 aliphatic rings. The number of nitrogens with two attached hydrogens (primary N) is 1. The van der Waals surface area contributed by atoms with Gasteiger partial charge in [0.1, 0.15) is 11.6 Å². The van der Waals surface area contributed by atoms with Crippen molar-refractivity contribution >= 4 is 11.6 Å². The minimum absolute atomic E-state index is 0.317. The molecule has 0 radical (unpaired) electrons. The number of benzene rings is 1. The first-order chi connectivity index (χ1) is 9.63. The molecule has 1 unspecified atom stereocenters. The molecule has 1 aromatic carbocycles. The van der Waals surface area contributed by atoms with E-state index >= 15 is 0 Å². The molecule has 104 valence electrons. The van der Waals surface area contributed by atoms with Crippen molar-refractivity contribution in [3.63, 3.8) is 0 Å². The van der Waals surface area contributed by atoms with E-state index in [0.29, 0.717) is 23.7 Å². The fourth-order valence-corrected chi connectivity index (χ4v) is 2.71. The van der Waals surface area contributed by atoms with Crippen LogP contribution >= 0.6 is 11.6 Å². The molecule has 0 saturated carbocycles. The summed E-state index contributed by atoms with van der Waals surface area (Å²) >= 11 is 6.12. The molecule has 0 saturated heterocycles. The molecule has 3 rings (SSSR count). The van der Waals surface area contributed by atoms with Crippen molar-refractivity contribution in [2.24, 2.45) is 5.73 Å². The van der Waals surface area contributed by atoms with Gasteiger partial charge in [0.15, 0.2) is 0 Å². The van der Waals surface area contributed by atoms with Crippen LogP contribution in [0.5, 0.6) is 5.75 Å². The first-order valence-electron chi connectivity index (χ1n) is 6.44. The van der Waals surface area contributed by atoms with E-state index in [1.165, 1.54) is 12.3 Å². The van der Waals surface area contributed by atoms with Crippen LogP contribution in [0.15, 0.2) is 30.5 Å². The van der Waals surface area contributed by atoms with E-state index < -0.39 is 0 Å². The number of aromatic nitrogens is 1. The van der Waals surface area contributed by atoms with Gasteiger partial charge in [0, 0.05) is 11.4 Å². The van der Waals surface area contributed by atoms with Crippen LogP contribution in [-0.4, -0.2) is 11.6 Å². The molecule has 5 heteroatoms. The molecule has 2 N–H and O–H groups in total. The molecule has 20 heavy (non-hydrogen) atoms. The Morgan fingerprint density at radius 1 is 1.40 bits per heavy atom. The normalized spacial score (nSPS) is 14.8. The molecular weight excluding hydrogens is 279 g/mol. The van der Waals surface area contributed by atoms with E-state index in [4.69, 9.17) is 22.1 Å². The summed E-state index contributed by atoms with van der Waals surface area (Å²) < 4.78 is 18.5. The van der Waals surface area contributed by atoms with Gasteiger partial charge >= 0.3 is 0 Å². The predicted molar refractivity (Wildman–Crippen MR) is 75.5 cm³/mol. The third-order valence-electron chi connectivity index (χ3n) is 3.40. The third kappa shape index (κ3) is 2.62. The molecule has 0 amide bonds. The van der Waals surface area contributed by atoms with Gasteiger partial charge in [0.05, 0.1) is 24.5 Å². The highest BCUT2D eigenvalue weighted by Crippen LogP contribution is 2.34. The predicted octanol–water partition coefficient (Wildman–Crippen LogP) is 3.05. The zero-order valence-electron chi connectivity index (χ0n) is 10.8. The van der Waals surface area contributed by atoms with Crippen molar-refractivity contribution < 1.29 is 9.13 Å². The largest absolute Gasteiger partial charge is 0.493 e. The average Bonchev–Trinajstić information content (AvgIpc) is 2.87. The minimum Gasteiger partial charge on any atom is -0.493 e. The van der Waals surface area contributed by atoms with E-state index in [2.05, 4.69) is 4.98 Å². The number of rotatable bonds is 3. The maximum Gasteiger partial charge on any atom is 0.141 e. The first kappa shape index (κ1) is 13.3. The van der Waals surface area contributed by atoms with Crippen molar-refractivity contribution in [1.82, 2.24) is 4.98 Å². The molecule has 2 aromatic rings. The third-order valence-corrected chi connectivity index (χ3v) is 3.61. The number of pyridine rings is 1. The van der Waals surface area contributed by atoms with Crippen LogP contribution in [0.4, 0.5) is 4.39 Å². The van der Waals surface area contributed by atoms with E-state index in [-0.39, 0.29) is 11.9 Å². The van der Waals surface area contributed by atoms with Crippen LogP contribution in [0.1, 0.15) is 22.9 Å². The monoisotopic (exact) mass is 292 g/mol. The Morgan fingerprint density at radius 2 is 2.25 bits per heavy atom. The second kappa shape index (κ2) is 5.38. The summed E-state index contributed by atoms with van der Waals surface area (Å²) in [5.41, 5.74) is 8.88. The van der Waals surface area contributed by atoms with Gasteiger partial charge in [0.2, 0.25) is 0 Å². The SMILES string of the molecule is NC(Cc1cc(Cl)cc2c1OCC2)c1ccc(F)cn1. The summed E-state index contributed by atoms with van der Waals surface area (Å²) in [5, 5.41) is 0.684. The number of ether oxygens (including phenoxy) is 1. The molecule has 0 bridgehead atoms. The summed E-state index contributed by atoms with van der Waals surface area (Å²) in [6, 6.07) is 6.44. The van der Waals surface area contributed by atoms with Gasteiger partial charge in [-0.3, -0.25) is 4.98 Å². The van der Waals surface area contributed by atoms with E-state index in [9.17, 15) is 4.39 Å². The second-order valence-electron chi connectivity index (χ2n) is 4.86. The fourth-order valence-electron chi connectivity index (χ4n) is 2.45. The fraction of sp³-hybridized carbons (Fsp3) is 0.267. The minimum atomic E-state index is -0.368. The maximum absolute atomic E-state index is 12.9. The summed E-state index contributed by atoms with van der Waals surface area (Å²) in [6.45, 7) is 0.673. The lowest BCUT2D eigenvalue weighted by Crippen LogP contribution is -2.15. The molecular formula is C15H14ClFN2O. The summed E-state index contributed by atoms with van der Waals surface area (Å²) in [5.74, 6) is 0.514. The van der Waals surface area contributed by atoms with Crippen molar-refractivity contribution in [1.29, 1.82) is 0 Å². The van der Waals surface area contributed by atoms with Crippen LogP contribution < -0.4 is 10.5 Å². The topological polar surface area (TPSA) is 48.1 Å². The van der Waals surface area contributed by atoms with Crippen molar-refractivity contribution in [2.75, 3.05) is 6.61 Å². The maximum atomic E-state index is 12.9. The van der Waals surface area contributed by atoms with Gasteiger partial charge in [-0.05, 0) is 41.8 Å². The lowest BCUT2D eigenvalue weighted by atomic mass is 10.00. The second-order valence-corrected chi connectivity index (χ2v) is 5.30. The molecule has 1 atom stereocenters. The zero-order chi connectivity index (χ0) is 14.1. The van der Waals surface area contributed by atoms with Gasteiger partial charge in [-0.2, -0.15) is 0 Å². The Balaban J connectivity index is 1.86. The highest BCUT2D eigenvalue weighted by Gasteiger charge is 2.20. The standard InChI is InChI=1S/C15H14ClFN2O/c16-11-5-9-3-4-20-15(9)10(6-11)7-13(18)14-2-1-12(17)8-19-14/h1-2,5-6,8,13H,3-4,7,18H2.